The number of hydrogen-bond acceptors (Lipinski definition) is 5. The fourth-order valence-corrected chi connectivity index (χ4v) is 3.84. The summed E-state index contributed by atoms with van der Waals surface area (Å²) in [7, 11) is 0. The molecule has 6 nitrogen and oxygen atoms in total. The average molecular weight is 388 g/mol. The van der Waals surface area contributed by atoms with Gasteiger partial charge in [0.15, 0.2) is 0 Å². The molecule has 140 valence electrons. The first-order valence-corrected chi connectivity index (χ1v) is 8.71. The number of hydrogen-bond donors (Lipinski definition) is 0. The number of nitrogens with zero attached hydrogens (tertiary/aromatic N) is 5. The summed E-state index contributed by atoms with van der Waals surface area (Å²) in [5, 5.41) is 8.81. The van der Waals surface area contributed by atoms with Crippen LogP contribution in [0.25, 0.3) is 11.3 Å². The molecule has 2 aliphatic heterocycles. The van der Waals surface area contributed by atoms with Crippen molar-refractivity contribution in [1.82, 2.24) is 24.9 Å². The van der Waals surface area contributed by atoms with Crippen LogP contribution in [0.1, 0.15) is 17.3 Å². The van der Waals surface area contributed by atoms with Gasteiger partial charge in [0.25, 0.3) is 0 Å². The summed E-state index contributed by atoms with van der Waals surface area (Å²) in [5.41, 5.74) is 3.98. The van der Waals surface area contributed by atoms with Gasteiger partial charge in [0.1, 0.15) is 11.5 Å². The van der Waals surface area contributed by atoms with E-state index in [4.69, 9.17) is 4.74 Å². The van der Waals surface area contributed by atoms with Crippen LogP contribution in [0.4, 0.5) is 4.39 Å². The Hall–Kier alpha value is -2.35. The van der Waals surface area contributed by atoms with Gasteiger partial charge in [0, 0.05) is 37.6 Å². The lowest BCUT2D eigenvalue weighted by Gasteiger charge is -2.26. The van der Waals surface area contributed by atoms with E-state index < -0.39 is 0 Å². The molecule has 2 aliphatic rings. The van der Waals surface area contributed by atoms with Crippen molar-refractivity contribution in [1.29, 1.82) is 0 Å². The van der Waals surface area contributed by atoms with Gasteiger partial charge in [-0.3, -0.25) is 9.88 Å². The van der Waals surface area contributed by atoms with Gasteiger partial charge < -0.3 is 4.74 Å². The number of halogens is 2. The Bertz CT molecular complexity index is 918. The highest BCUT2D eigenvalue weighted by Gasteiger charge is 2.40. The number of rotatable bonds is 3. The topological polar surface area (TPSA) is 56.1 Å². The van der Waals surface area contributed by atoms with Gasteiger partial charge in [0.05, 0.1) is 24.4 Å². The SMILES string of the molecule is Cl.Fc1ccc(CN2C[C@@H]3[C@@H](C2)OCc2c(-c4ccncc4)nnn23)cc1. The third kappa shape index (κ3) is 3.34. The molecule has 8 heteroatoms. The fourth-order valence-electron chi connectivity index (χ4n) is 3.84. The minimum atomic E-state index is -0.205. The van der Waals surface area contributed by atoms with Crippen LogP contribution in [-0.2, 0) is 17.9 Å². The molecular weight excluding hydrogens is 369 g/mol. The summed E-state index contributed by atoms with van der Waals surface area (Å²) in [4.78, 5) is 6.38. The second kappa shape index (κ2) is 7.34. The standard InChI is InChI=1S/C19H18FN5O.ClH/c20-15-3-1-13(2-4-15)9-24-10-16-18(11-24)26-12-17-19(22-23-25(16)17)14-5-7-21-8-6-14;/h1-8,16,18H,9-12H2;1H/t16-,18-;/m1./s1. The normalized spacial score (nSPS) is 21.4. The highest BCUT2D eigenvalue weighted by molar-refractivity contribution is 5.85. The Kier molecular flexibility index (Phi) is 4.90. The number of fused-ring (bicyclic) bond motifs is 3. The number of likely N-dealkylation sites (tertiary alicyclic amines) is 1. The maximum atomic E-state index is 13.1. The predicted molar refractivity (Wildman–Crippen MR) is 99.8 cm³/mol. The van der Waals surface area contributed by atoms with Crippen molar-refractivity contribution in [2.24, 2.45) is 0 Å². The van der Waals surface area contributed by atoms with E-state index in [1.54, 1.807) is 12.4 Å². The van der Waals surface area contributed by atoms with Crippen molar-refractivity contribution < 1.29 is 9.13 Å². The molecule has 2 aromatic heterocycles. The zero-order valence-corrected chi connectivity index (χ0v) is 15.3. The molecule has 5 rings (SSSR count). The first-order valence-electron chi connectivity index (χ1n) is 8.71. The second-order valence-electron chi connectivity index (χ2n) is 6.80. The van der Waals surface area contributed by atoms with Crippen molar-refractivity contribution in [2.75, 3.05) is 13.1 Å². The minimum Gasteiger partial charge on any atom is -0.368 e. The van der Waals surface area contributed by atoms with Crippen LogP contribution in [0.2, 0.25) is 0 Å². The molecule has 0 amide bonds. The van der Waals surface area contributed by atoms with Crippen LogP contribution in [0.15, 0.2) is 48.8 Å². The van der Waals surface area contributed by atoms with Crippen LogP contribution in [0, 0.1) is 5.82 Å². The zero-order chi connectivity index (χ0) is 17.5. The summed E-state index contributed by atoms with van der Waals surface area (Å²) in [6.07, 6.45) is 3.62. The lowest BCUT2D eigenvalue weighted by atomic mass is 10.1. The highest BCUT2D eigenvalue weighted by atomic mass is 35.5. The Morgan fingerprint density at radius 1 is 1.07 bits per heavy atom. The molecule has 0 saturated carbocycles. The molecule has 0 N–H and O–H groups in total. The molecule has 0 unspecified atom stereocenters. The van der Waals surface area contributed by atoms with Crippen LogP contribution >= 0.6 is 12.4 Å². The Balaban J connectivity index is 0.00000180. The van der Waals surface area contributed by atoms with Crippen LogP contribution in [0.5, 0.6) is 0 Å². The molecule has 1 aromatic carbocycles. The zero-order valence-electron chi connectivity index (χ0n) is 14.5. The lowest BCUT2D eigenvalue weighted by molar-refractivity contribution is -0.00494. The quantitative estimate of drug-likeness (QED) is 0.691. The van der Waals surface area contributed by atoms with Crippen LogP contribution in [0.3, 0.4) is 0 Å². The molecule has 1 saturated heterocycles. The van der Waals surface area contributed by atoms with E-state index in [2.05, 4.69) is 20.2 Å². The van der Waals surface area contributed by atoms with Gasteiger partial charge in [-0.25, -0.2) is 9.07 Å². The largest absolute Gasteiger partial charge is 0.368 e. The van der Waals surface area contributed by atoms with E-state index in [0.717, 1.165) is 42.1 Å². The summed E-state index contributed by atoms with van der Waals surface area (Å²) in [5.74, 6) is -0.205. The molecule has 4 heterocycles. The van der Waals surface area contributed by atoms with E-state index in [1.165, 1.54) is 12.1 Å². The number of ether oxygens (including phenoxy) is 1. The van der Waals surface area contributed by atoms with Crippen LogP contribution < -0.4 is 0 Å². The molecule has 3 aromatic rings. The Morgan fingerprint density at radius 2 is 1.85 bits per heavy atom. The molecule has 27 heavy (non-hydrogen) atoms. The lowest BCUT2D eigenvalue weighted by Crippen LogP contribution is -2.32. The number of benzene rings is 1. The van der Waals surface area contributed by atoms with Gasteiger partial charge in [-0.15, -0.1) is 17.5 Å². The molecule has 2 atom stereocenters. The van der Waals surface area contributed by atoms with Gasteiger partial charge in [-0.05, 0) is 29.8 Å². The van der Waals surface area contributed by atoms with Crippen LogP contribution in [-0.4, -0.2) is 44.1 Å². The highest BCUT2D eigenvalue weighted by Crippen LogP contribution is 2.34. The van der Waals surface area contributed by atoms with E-state index in [0.29, 0.717) is 6.61 Å². The van der Waals surface area contributed by atoms with Crippen molar-refractivity contribution in [3.05, 3.63) is 65.9 Å². The number of aromatic nitrogens is 4. The van der Waals surface area contributed by atoms with Crippen molar-refractivity contribution in [3.8, 4) is 11.3 Å². The molecule has 0 aliphatic carbocycles. The number of pyridine rings is 1. The van der Waals surface area contributed by atoms with Gasteiger partial charge in [0.2, 0.25) is 0 Å². The van der Waals surface area contributed by atoms with Crippen molar-refractivity contribution >= 4 is 12.4 Å². The monoisotopic (exact) mass is 387 g/mol. The minimum absolute atomic E-state index is 0. The van der Waals surface area contributed by atoms with E-state index in [1.807, 2.05) is 28.9 Å². The van der Waals surface area contributed by atoms with Crippen molar-refractivity contribution in [2.45, 2.75) is 25.3 Å². The maximum Gasteiger partial charge on any atom is 0.123 e. The van der Waals surface area contributed by atoms with Gasteiger partial charge in [-0.2, -0.15) is 0 Å². The smallest absolute Gasteiger partial charge is 0.123 e. The molecule has 0 spiro atoms. The summed E-state index contributed by atoms with van der Waals surface area (Å²) in [6.45, 7) is 2.97. The molecule has 0 bridgehead atoms. The van der Waals surface area contributed by atoms with E-state index >= 15 is 0 Å². The van der Waals surface area contributed by atoms with Gasteiger partial charge in [-0.1, -0.05) is 17.3 Å². The van der Waals surface area contributed by atoms with E-state index in [-0.39, 0.29) is 30.4 Å². The molecular formula is C19H19ClFN5O. The second-order valence-corrected chi connectivity index (χ2v) is 6.80. The maximum absolute atomic E-state index is 13.1. The third-order valence-corrected chi connectivity index (χ3v) is 5.13. The third-order valence-electron chi connectivity index (χ3n) is 5.13. The average Bonchev–Trinajstić information content (AvgIpc) is 3.27. The molecule has 1 fully saturated rings. The van der Waals surface area contributed by atoms with E-state index in [9.17, 15) is 4.39 Å². The van der Waals surface area contributed by atoms with Crippen molar-refractivity contribution in [3.63, 3.8) is 0 Å². The fraction of sp³-hybridized carbons (Fsp3) is 0.316. The Labute approximate surface area is 162 Å². The molecule has 0 radical (unpaired) electrons. The first kappa shape index (κ1) is 18.0. The Morgan fingerprint density at radius 3 is 2.63 bits per heavy atom. The summed E-state index contributed by atoms with van der Waals surface area (Å²) >= 11 is 0. The summed E-state index contributed by atoms with van der Waals surface area (Å²) < 4.78 is 21.2. The predicted octanol–water partition coefficient (Wildman–Crippen LogP) is 2.86. The van der Waals surface area contributed by atoms with Gasteiger partial charge >= 0.3 is 0 Å². The summed E-state index contributed by atoms with van der Waals surface area (Å²) in [6, 6.07) is 10.7. The first-order chi connectivity index (χ1) is 12.8.